The van der Waals surface area contributed by atoms with Gasteiger partial charge in [-0.05, 0) is 62.6 Å². The van der Waals surface area contributed by atoms with E-state index in [0.29, 0.717) is 11.1 Å². The largest absolute Gasteiger partial charge is 0.352 e. The fourth-order valence-electron chi connectivity index (χ4n) is 2.78. The van der Waals surface area contributed by atoms with Gasteiger partial charge in [0, 0.05) is 31.0 Å². The summed E-state index contributed by atoms with van der Waals surface area (Å²) in [6.45, 7) is 7.63. The minimum atomic E-state index is -3.59. The minimum absolute atomic E-state index is 0.0731. The molecule has 0 radical (unpaired) electrons. The second-order valence-corrected chi connectivity index (χ2v) is 9.14. The lowest BCUT2D eigenvalue weighted by molar-refractivity contribution is -0.121. The van der Waals surface area contributed by atoms with Crippen LogP contribution in [0, 0.1) is 13.8 Å². The Balaban J connectivity index is 1.90. The first-order valence-electron chi connectivity index (χ1n) is 9.57. The van der Waals surface area contributed by atoms with Gasteiger partial charge >= 0.3 is 0 Å². The molecule has 0 unspecified atom stereocenters. The van der Waals surface area contributed by atoms with E-state index in [1.807, 2.05) is 26.0 Å². The number of Topliss-reactive ketones (excluding diaryl/α,β-unsaturated/α-hetero) is 1. The average Bonchev–Trinajstić information content (AvgIpc) is 2.66. The molecule has 29 heavy (non-hydrogen) atoms. The number of benzene rings is 2. The maximum atomic E-state index is 12.3. The van der Waals surface area contributed by atoms with Gasteiger partial charge in [-0.2, -0.15) is 0 Å². The van der Waals surface area contributed by atoms with Crippen molar-refractivity contribution in [2.45, 2.75) is 58.0 Å². The molecule has 6 nitrogen and oxygen atoms in total. The Hall–Kier alpha value is -2.51. The molecule has 0 fully saturated rings. The van der Waals surface area contributed by atoms with Crippen molar-refractivity contribution < 1.29 is 18.0 Å². The molecule has 2 aromatic rings. The molecule has 0 bridgehead atoms. The van der Waals surface area contributed by atoms with E-state index in [9.17, 15) is 18.0 Å². The fourth-order valence-corrected chi connectivity index (χ4v) is 4.10. The zero-order valence-corrected chi connectivity index (χ0v) is 18.1. The molecule has 2 N–H and O–H groups in total. The molecule has 0 atom stereocenters. The number of carbonyl (C=O) groups is 2. The predicted octanol–water partition coefficient (Wildman–Crippen LogP) is 3.27. The summed E-state index contributed by atoms with van der Waals surface area (Å²) >= 11 is 0. The molecule has 0 aliphatic heterocycles. The van der Waals surface area contributed by atoms with Gasteiger partial charge in [0.2, 0.25) is 15.9 Å². The van der Waals surface area contributed by atoms with Crippen LogP contribution in [0.3, 0.4) is 0 Å². The third kappa shape index (κ3) is 6.80. The van der Waals surface area contributed by atoms with Crippen molar-refractivity contribution in [3.63, 3.8) is 0 Å². The van der Waals surface area contributed by atoms with Crippen LogP contribution in [0.25, 0.3) is 0 Å². The molecule has 0 saturated heterocycles. The molecular formula is C22H28N2O4S. The monoisotopic (exact) mass is 416 g/mol. The van der Waals surface area contributed by atoms with Crippen molar-refractivity contribution in [1.29, 1.82) is 0 Å². The average molecular weight is 417 g/mol. The zero-order chi connectivity index (χ0) is 21.6. The Morgan fingerprint density at radius 1 is 0.966 bits per heavy atom. The molecule has 0 heterocycles. The van der Waals surface area contributed by atoms with E-state index in [-0.39, 0.29) is 42.0 Å². The number of aryl methyl sites for hydroxylation is 2. The lowest BCUT2D eigenvalue weighted by Crippen LogP contribution is -2.30. The standard InChI is InChI=1S/C22H28N2O4S/c1-15(2)24-29(27,28)20-7-5-6-18(13-20)14-23-22(26)11-10-21(25)19-9-8-16(3)17(4)12-19/h5-9,12-13,15,24H,10-11,14H2,1-4H3,(H,23,26). The summed E-state index contributed by atoms with van der Waals surface area (Å²) in [5.74, 6) is -0.327. The van der Waals surface area contributed by atoms with Crippen LogP contribution >= 0.6 is 0 Å². The van der Waals surface area contributed by atoms with Gasteiger partial charge in [-0.1, -0.05) is 24.3 Å². The zero-order valence-electron chi connectivity index (χ0n) is 17.3. The molecule has 156 valence electrons. The quantitative estimate of drug-likeness (QED) is 0.614. The molecule has 2 aromatic carbocycles. The van der Waals surface area contributed by atoms with E-state index in [0.717, 1.165) is 11.1 Å². The van der Waals surface area contributed by atoms with Gasteiger partial charge in [-0.25, -0.2) is 13.1 Å². The third-order valence-corrected chi connectivity index (χ3v) is 6.15. The summed E-state index contributed by atoms with van der Waals surface area (Å²) < 4.78 is 27.0. The maximum absolute atomic E-state index is 12.3. The second kappa shape index (κ2) is 9.80. The van der Waals surface area contributed by atoms with E-state index < -0.39 is 10.0 Å². The number of nitrogens with one attached hydrogen (secondary N) is 2. The van der Waals surface area contributed by atoms with E-state index in [1.54, 1.807) is 32.0 Å². The molecule has 0 aromatic heterocycles. The number of hydrogen-bond acceptors (Lipinski definition) is 4. The number of rotatable bonds is 9. The van der Waals surface area contributed by atoms with Crippen LogP contribution in [0.15, 0.2) is 47.4 Å². The summed E-state index contributed by atoms with van der Waals surface area (Å²) in [6.07, 6.45) is 0.208. The summed E-state index contributed by atoms with van der Waals surface area (Å²) in [6, 6.07) is 11.7. The molecule has 7 heteroatoms. The number of amides is 1. The Bertz CT molecular complexity index is 998. The van der Waals surface area contributed by atoms with Crippen molar-refractivity contribution in [2.24, 2.45) is 0 Å². The van der Waals surface area contributed by atoms with Crippen molar-refractivity contribution in [3.05, 3.63) is 64.7 Å². The normalized spacial score (nSPS) is 11.5. The van der Waals surface area contributed by atoms with Crippen molar-refractivity contribution >= 4 is 21.7 Å². The number of ketones is 1. The first kappa shape index (κ1) is 22.8. The topological polar surface area (TPSA) is 92.3 Å². The molecule has 0 saturated carbocycles. The van der Waals surface area contributed by atoms with Gasteiger partial charge in [-0.3, -0.25) is 9.59 Å². The molecule has 1 amide bonds. The van der Waals surface area contributed by atoms with E-state index in [1.165, 1.54) is 12.1 Å². The first-order chi connectivity index (χ1) is 13.6. The highest BCUT2D eigenvalue weighted by molar-refractivity contribution is 7.89. The maximum Gasteiger partial charge on any atom is 0.240 e. The molecule has 0 aliphatic carbocycles. The first-order valence-corrected chi connectivity index (χ1v) is 11.0. The third-order valence-electron chi connectivity index (χ3n) is 4.50. The molecule has 2 rings (SSSR count). The second-order valence-electron chi connectivity index (χ2n) is 7.42. The fraction of sp³-hybridized carbons (Fsp3) is 0.364. The molecule has 0 aliphatic rings. The van der Waals surface area contributed by atoms with E-state index in [4.69, 9.17) is 0 Å². The van der Waals surface area contributed by atoms with Gasteiger partial charge < -0.3 is 5.32 Å². The van der Waals surface area contributed by atoms with Crippen LogP contribution in [-0.4, -0.2) is 26.2 Å². The van der Waals surface area contributed by atoms with Crippen LogP contribution in [0.5, 0.6) is 0 Å². The van der Waals surface area contributed by atoms with Crippen molar-refractivity contribution in [2.75, 3.05) is 0 Å². The highest BCUT2D eigenvalue weighted by atomic mass is 32.2. The van der Waals surface area contributed by atoms with Gasteiger partial charge in [0.05, 0.1) is 4.90 Å². The number of sulfonamides is 1. The smallest absolute Gasteiger partial charge is 0.240 e. The van der Waals surface area contributed by atoms with Crippen molar-refractivity contribution in [3.8, 4) is 0 Å². The SMILES string of the molecule is Cc1ccc(C(=O)CCC(=O)NCc2cccc(S(=O)(=O)NC(C)C)c2)cc1C. The van der Waals surface area contributed by atoms with E-state index >= 15 is 0 Å². The van der Waals surface area contributed by atoms with Crippen molar-refractivity contribution in [1.82, 2.24) is 10.0 Å². The summed E-state index contributed by atoms with van der Waals surface area (Å²) in [7, 11) is -3.59. The lowest BCUT2D eigenvalue weighted by Gasteiger charge is -2.11. The highest BCUT2D eigenvalue weighted by Crippen LogP contribution is 2.14. The molecule has 0 spiro atoms. The van der Waals surface area contributed by atoms with Crippen LogP contribution < -0.4 is 10.0 Å². The summed E-state index contributed by atoms with van der Waals surface area (Å²) in [4.78, 5) is 24.5. The van der Waals surface area contributed by atoms with Gasteiger partial charge in [-0.15, -0.1) is 0 Å². The molecular weight excluding hydrogens is 388 g/mol. The van der Waals surface area contributed by atoms with Crippen LogP contribution in [-0.2, 0) is 21.4 Å². The van der Waals surface area contributed by atoms with Crippen LogP contribution in [0.1, 0.15) is 53.7 Å². The number of hydrogen-bond donors (Lipinski definition) is 2. The van der Waals surface area contributed by atoms with E-state index in [2.05, 4.69) is 10.0 Å². The minimum Gasteiger partial charge on any atom is -0.352 e. The van der Waals surface area contributed by atoms with Gasteiger partial charge in [0.1, 0.15) is 0 Å². The Morgan fingerprint density at radius 2 is 1.69 bits per heavy atom. The Labute approximate surface area is 172 Å². The van der Waals surface area contributed by atoms with Gasteiger partial charge in [0.25, 0.3) is 0 Å². The predicted molar refractivity (Wildman–Crippen MR) is 113 cm³/mol. The Morgan fingerprint density at radius 3 is 2.34 bits per heavy atom. The summed E-state index contributed by atoms with van der Waals surface area (Å²) in [5.41, 5.74) is 3.44. The summed E-state index contributed by atoms with van der Waals surface area (Å²) in [5, 5.41) is 2.74. The lowest BCUT2D eigenvalue weighted by atomic mass is 10.0. The van der Waals surface area contributed by atoms with Gasteiger partial charge in [0.15, 0.2) is 5.78 Å². The Kier molecular flexibility index (Phi) is 7.70. The number of carbonyl (C=O) groups excluding carboxylic acids is 2. The highest BCUT2D eigenvalue weighted by Gasteiger charge is 2.16. The van der Waals surface area contributed by atoms with Crippen LogP contribution in [0.2, 0.25) is 0 Å². The van der Waals surface area contributed by atoms with Crippen LogP contribution in [0.4, 0.5) is 0 Å².